The van der Waals surface area contributed by atoms with Crippen molar-refractivity contribution in [1.82, 2.24) is 0 Å². The van der Waals surface area contributed by atoms with Crippen LogP contribution >= 0.6 is 0 Å². The average Bonchev–Trinajstić information content (AvgIpc) is 3.77. The third kappa shape index (κ3) is 16.2. The van der Waals surface area contributed by atoms with E-state index in [1.807, 2.05) is 30.3 Å². The second-order valence-electron chi connectivity index (χ2n) is 18.7. The molecular weight excluding hydrogens is 1030 g/mol. The van der Waals surface area contributed by atoms with Crippen LogP contribution in [0, 0.1) is 6.07 Å². The summed E-state index contributed by atoms with van der Waals surface area (Å²) in [7, 11) is 0. The van der Waals surface area contributed by atoms with Gasteiger partial charge in [-0.1, -0.05) is 106 Å². The Morgan fingerprint density at radius 1 is 0.525 bits per heavy atom. The summed E-state index contributed by atoms with van der Waals surface area (Å²) >= 11 is 0.898. The Bertz CT molecular complexity index is 1970. The van der Waals surface area contributed by atoms with Crippen molar-refractivity contribution in [2.75, 3.05) is 0 Å². The van der Waals surface area contributed by atoms with Crippen molar-refractivity contribution in [3.8, 4) is 11.1 Å². The van der Waals surface area contributed by atoms with E-state index < -0.39 is 23.5 Å². The minimum Gasteiger partial charge on any atom is -1.00 e. The number of hydrogen-bond acceptors (Lipinski definition) is 0. The predicted molar refractivity (Wildman–Crippen MR) is 216 cm³/mol. The number of hydrogen-bond donors (Lipinski definition) is 0. The van der Waals surface area contributed by atoms with E-state index in [1.165, 1.54) is 68.8 Å². The number of alkyl halides is 6. The molecule has 0 fully saturated rings. The van der Waals surface area contributed by atoms with Crippen LogP contribution in [0.4, 0.5) is 26.3 Å². The molecule has 12 heteroatoms. The first-order valence-corrected chi connectivity index (χ1v) is 20.1. The van der Waals surface area contributed by atoms with E-state index in [2.05, 4.69) is 107 Å². The molecule has 1 aliphatic rings. The molecule has 0 radical (unpaired) electrons. The normalized spacial score (nSPS) is 12.1. The third-order valence-electron chi connectivity index (χ3n) is 9.79. The fourth-order valence-corrected chi connectivity index (χ4v) is 7.58. The Kier molecular flexibility index (Phi) is 23.4. The van der Waals surface area contributed by atoms with E-state index in [0.29, 0.717) is 14.3 Å². The molecule has 0 N–H and O–H groups in total. The molecule has 0 heterocycles. The predicted octanol–water partition coefficient (Wildman–Crippen LogP) is 2.51. The van der Waals surface area contributed by atoms with Crippen LogP contribution in [-0.4, -0.2) is 3.21 Å². The van der Waals surface area contributed by atoms with Crippen LogP contribution in [0.5, 0.6) is 0 Å². The van der Waals surface area contributed by atoms with Crippen LogP contribution in [0.2, 0.25) is 0 Å². The molecule has 0 amide bonds. The Hall–Kier alpha value is -1.39. The summed E-state index contributed by atoms with van der Waals surface area (Å²) in [4.78, 5) is 0. The molecule has 0 spiro atoms. The first kappa shape index (κ1) is 61.7. The van der Waals surface area contributed by atoms with Gasteiger partial charge in [0.15, 0.2) is 0 Å². The standard InChI is InChI=1S/C29H41.C15H8F6.C5H5.4ClH.2Zr/c1-26(2,3)22-14-18-13-19-15-23(27(4,5)6)25(29(10,11)12)17-21(19)20(18)16-24(22)28(7,8)9;16-14(17,18)12-5-1-10(2-6-12)9-11-3-7-13(8-4-11)15(19,20)21;1-2-4-5-3-1;;;;;;/h14,16-17H,13H2,1-12H3;1-8H;1-5H;4*1H;;/q-1;;-1;;;;;+2;+4/p-4. The molecule has 0 aliphatic heterocycles. The average molecular weight is 1080 g/mol. The van der Waals surface area contributed by atoms with Gasteiger partial charge in [-0.3, -0.25) is 0 Å². The Morgan fingerprint density at radius 2 is 0.885 bits per heavy atom. The van der Waals surface area contributed by atoms with Crippen molar-refractivity contribution in [2.24, 2.45) is 0 Å². The van der Waals surface area contributed by atoms with Crippen molar-refractivity contribution in [2.45, 2.75) is 124 Å². The summed E-state index contributed by atoms with van der Waals surface area (Å²) in [5, 5.41) is 0. The quantitative estimate of drug-likeness (QED) is 0.185. The monoisotopic (exact) mass is 1080 g/mol. The molecule has 5 aromatic rings. The van der Waals surface area contributed by atoms with Gasteiger partial charge in [0.25, 0.3) is 0 Å². The van der Waals surface area contributed by atoms with Gasteiger partial charge < -0.3 is 49.6 Å². The van der Waals surface area contributed by atoms with Crippen molar-refractivity contribution in [3.05, 3.63) is 159 Å². The van der Waals surface area contributed by atoms with Gasteiger partial charge in [-0.2, -0.15) is 35.9 Å². The minimum atomic E-state index is -4.41. The molecule has 61 heavy (non-hydrogen) atoms. The maximum absolute atomic E-state index is 12.5. The molecule has 0 saturated heterocycles. The fourth-order valence-electron chi connectivity index (χ4n) is 6.76. The van der Waals surface area contributed by atoms with Crippen LogP contribution in [0.15, 0.2) is 97.1 Å². The van der Waals surface area contributed by atoms with Crippen LogP contribution in [0.1, 0.15) is 139 Å². The summed E-state index contributed by atoms with van der Waals surface area (Å²) in [6, 6.07) is 30.5. The molecule has 6 rings (SSSR count). The van der Waals surface area contributed by atoms with Crippen molar-refractivity contribution in [3.63, 3.8) is 0 Å². The molecule has 0 aromatic heterocycles. The summed E-state index contributed by atoms with van der Waals surface area (Å²) in [5.74, 6) is 0. The second-order valence-corrected chi connectivity index (χ2v) is 19.9. The Balaban J connectivity index is 0. The number of benzene rings is 4. The van der Waals surface area contributed by atoms with Gasteiger partial charge in [0.2, 0.25) is 0 Å². The summed E-state index contributed by atoms with van der Waals surface area (Å²) in [5.41, 5.74) is 11.6. The topological polar surface area (TPSA) is 0 Å². The number of fused-ring (bicyclic) bond motifs is 3. The SMILES string of the molecule is CC(C)(C)c1[c-]c2c(cc1C(C)(C)C)-c1cc(C(C)(C)C)c(C(C)(C)C)cc1C2.FC(F)(F)c1ccc([C](=[Zr+2])c2ccc(C(F)(F)F)cc2)cc1.[Cl-].[Cl-].[Cl-].[Cl-].[Zr+4].c1cc[cH-]c1. The zero-order chi connectivity index (χ0) is 42.2. The first-order valence-electron chi connectivity index (χ1n) is 18.9. The number of halogens is 10. The van der Waals surface area contributed by atoms with E-state index in [1.54, 1.807) is 0 Å². The second kappa shape index (κ2) is 23.2. The van der Waals surface area contributed by atoms with Gasteiger partial charge in [0.1, 0.15) is 0 Å². The first-order chi connectivity index (χ1) is 25.5. The number of rotatable bonds is 2. The van der Waals surface area contributed by atoms with Gasteiger partial charge >= 0.3 is 163 Å². The van der Waals surface area contributed by atoms with E-state index in [-0.39, 0.29) is 97.5 Å². The third-order valence-corrected chi connectivity index (χ3v) is 11.2. The Morgan fingerprint density at radius 3 is 1.20 bits per heavy atom. The Labute approximate surface area is 419 Å². The van der Waals surface area contributed by atoms with E-state index in [4.69, 9.17) is 0 Å². The zero-order valence-electron chi connectivity index (χ0n) is 36.7. The van der Waals surface area contributed by atoms with E-state index >= 15 is 0 Å². The minimum absolute atomic E-state index is 0. The molecular formula is C49H54Cl4F6Zr2. The van der Waals surface area contributed by atoms with Crippen LogP contribution in [0.3, 0.4) is 0 Å². The van der Waals surface area contributed by atoms with Gasteiger partial charge in [-0.25, -0.2) is 12.1 Å². The fraction of sp³-hybridized carbons (Fsp3) is 0.388. The van der Waals surface area contributed by atoms with Crippen molar-refractivity contribution in [1.29, 1.82) is 0 Å². The molecule has 0 nitrogen and oxygen atoms in total. The van der Waals surface area contributed by atoms with E-state index in [0.717, 1.165) is 54.9 Å². The molecule has 328 valence electrons. The van der Waals surface area contributed by atoms with Crippen LogP contribution < -0.4 is 49.6 Å². The molecule has 0 saturated carbocycles. The molecule has 1 aliphatic carbocycles. The zero-order valence-corrected chi connectivity index (χ0v) is 44.7. The van der Waals surface area contributed by atoms with Crippen LogP contribution in [0.25, 0.3) is 11.1 Å². The maximum atomic E-state index is 12.5. The molecule has 5 aromatic carbocycles. The molecule has 0 bridgehead atoms. The van der Waals surface area contributed by atoms with Crippen LogP contribution in [-0.2, 0) is 90.9 Å². The van der Waals surface area contributed by atoms with Gasteiger partial charge in [0.05, 0.1) is 0 Å². The van der Waals surface area contributed by atoms with Crippen molar-refractivity contribution >= 4 is 3.21 Å². The van der Waals surface area contributed by atoms with E-state index in [9.17, 15) is 26.3 Å². The van der Waals surface area contributed by atoms with Gasteiger partial charge in [-0.05, 0) is 39.4 Å². The smallest absolute Gasteiger partial charge is 1.00 e. The molecule has 0 unspecified atom stereocenters. The van der Waals surface area contributed by atoms with Crippen molar-refractivity contribution < 1.29 is 126 Å². The van der Waals surface area contributed by atoms with Gasteiger partial charge in [-0.15, -0.1) is 16.7 Å². The maximum Gasteiger partial charge on any atom is 4.00 e. The summed E-state index contributed by atoms with van der Waals surface area (Å²) < 4.78 is 75.6. The molecule has 0 atom stereocenters. The largest absolute Gasteiger partial charge is 4.00 e. The summed E-state index contributed by atoms with van der Waals surface area (Å²) in [6.45, 7) is 28.0. The van der Waals surface area contributed by atoms with Gasteiger partial charge in [0, 0.05) is 0 Å². The summed E-state index contributed by atoms with van der Waals surface area (Å²) in [6.07, 6.45) is -7.81.